The lowest BCUT2D eigenvalue weighted by atomic mass is 10.5. The van der Waals surface area contributed by atoms with Gasteiger partial charge in [0.2, 0.25) is 0 Å². The molecule has 8 heavy (non-hydrogen) atoms. The predicted molar refractivity (Wildman–Crippen MR) is 33.9 cm³/mol. The van der Waals surface area contributed by atoms with Crippen LogP contribution in [0.5, 0.6) is 0 Å². The first-order valence-corrected chi connectivity index (χ1v) is 2.64. The van der Waals surface area contributed by atoms with Crippen LogP contribution in [0, 0.1) is 0 Å². The highest BCUT2D eigenvalue weighted by atomic mass is 16.2. The Labute approximate surface area is 49.2 Å². The fraction of sp³-hybridized carbons (Fsp3) is 0.800. The van der Waals surface area contributed by atoms with Crippen molar-refractivity contribution in [2.75, 3.05) is 13.2 Å². The molecule has 0 fully saturated rings. The van der Waals surface area contributed by atoms with Crippen molar-refractivity contribution in [2.45, 2.75) is 13.3 Å². The number of hydrogen-bond donors (Lipinski definition) is 2. The standard InChI is InChI=1S/C5H12N2O/c1-5(6)7-3-2-4-8/h8H,2-4H2,1H3,(H2,6,7). The van der Waals surface area contributed by atoms with Crippen molar-refractivity contribution in [2.24, 2.45) is 10.7 Å². The SMILES string of the molecule is CC(N)=NCCCO. The van der Waals surface area contributed by atoms with Crippen LogP contribution in [-0.2, 0) is 0 Å². The van der Waals surface area contributed by atoms with Gasteiger partial charge in [-0.3, -0.25) is 4.99 Å². The Morgan fingerprint density at radius 1 is 1.75 bits per heavy atom. The van der Waals surface area contributed by atoms with Gasteiger partial charge < -0.3 is 10.8 Å². The quantitative estimate of drug-likeness (QED) is 0.303. The highest BCUT2D eigenvalue weighted by Crippen LogP contribution is 1.77. The number of amidine groups is 1. The monoisotopic (exact) mass is 116 g/mol. The van der Waals surface area contributed by atoms with Gasteiger partial charge in [-0.2, -0.15) is 0 Å². The summed E-state index contributed by atoms with van der Waals surface area (Å²) in [5, 5.41) is 8.27. The molecule has 0 bridgehead atoms. The molecule has 0 atom stereocenters. The third-order valence-electron chi connectivity index (χ3n) is 0.677. The second kappa shape index (κ2) is 4.59. The molecule has 48 valence electrons. The number of hydrogen-bond acceptors (Lipinski definition) is 2. The van der Waals surface area contributed by atoms with E-state index in [1.165, 1.54) is 0 Å². The van der Waals surface area contributed by atoms with Crippen LogP contribution in [0.3, 0.4) is 0 Å². The number of aliphatic hydroxyl groups is 1. The van der Waals surface area contributed by atoms with Crippen LogP contribution in [0.1, 0.15) is 13.3 Å². The van der Waals surface area contributed by atoms with Crippen LogP contribution in [0.2, 0.25) is 0 Å². The molecule has 0 radical (unpaired) electrons. The maximum atomic E-state index is 8.27. The van der Waals surface area contributed by atoms with Crippen molar-refractivity contribution < 1.29 is 5.11 Å². The van der Waals surface area contributed by atoms with Crippen molar-refractivity contribution in [3.63, 3.8) is 0 Å². The Morgan fingerprint density at radius 2 is 2.38 bits per heavy atom. The van der Waals surface area contributed by atoms with Crippen LogP contribution >= 0.6 is 0 Å². The van der Waals surface area contributed by atoms with E-state index < -0.39 is 0 Å². The third kappa shape index (κ3) is 5.43. The van der Waals surface area contributed by atoms with Gasteiger partial charge in [0.15, 0.2) is 0 Å². The largest absolute Gasteiger partial charge is 0.396 e. The molecule has 0 saturated heterocycles. The van der Waals surface area contributed by atoms with E-state index in [9.17, 15) is 0 Å². The summed E-state index contributed by atoms with van der Waals surface area (Å²) < 4.78 is 0. The van der Waals surface area contributed by atoms with Gasteiger partial charge in [0.05, 0.1) is 5.84 Å². The smallest absolute Gasteiger partial charge is 0.0905 e. The average Bonchev–Trinajstić information content (AvgIpc) is 1.66. The molecule has 0 rings (SSSR count). The minimum Gasteiger partial charge on any atom is -0.396 e. The molecular weight excluding hydrogens is 104 g/mol. The third-order valence-corrected chi connectivity index (χ3v) is 0.677. The molecule has 0 unspecified atom stereocenters. The van der Waals surface area contributed by atoms with Crippen molar-refractivity contribution in [3.05, 3.63) is 0 Å². The molecular formula is C5H12N2O. The van der Waals surface area contributed by atoms with E-state index in [1.807, 2.05) is 0 Å². The summed E-state index contributed by atoms with van der Waals surface area (Å²) >= 11 is 0. The van der Waals surface area contributed by atoms with Crippen LogP contribution in [0.25, 0.3) is 0 Å². The summed E-state index contributed by atoms with van der Waals surface area (Å²) in [6.45, 7) is 2.56. The van der Waals surface area contributed by atoms with Gasteiger partial charge in [0.25, 0.3) is 0 Å². The Hall–Kier alpha value is -0.570. The summed E-state index contributed by atoms with van der Waals surface area (Å²) in [5.74, 6) is 0.582. The van der Waals surface area contributed by atoms with Crippen molar-refractivity contribution in [3.8, 4) is 0 Å². The van der Waals surface area contributed by atoms with E-state index in [2.05, 4.69) is 4.99 Å². The summed E-state index contributed by atoms with van der Waals surface area (Å²) in [4.78, 5) is 3.85. The fourth-order valence-electron chi connectivity index (χ4n) is 0.326. The van der Waals surface area contributed by atoms with E-state index in [-0.39, 0.29) is 6.61 Å². The maximum absolute atomic E-state index is 8.27. The molecule has 0 aromatic rings. The Balaban J connectivity index is 3.03. The second-order valence-electron chi connectivity index (χ2n) is 1.60. The zero-order valence-corrected chi connectivity index (χ0v) is 5.09. The molecule has 0 heterocycles. The first kappa shape index (κ1) is 7.43. The number of rotatable bonds is 3. The number of nitrogens with zero attached hydrogens (tertiary/aromatic N) is 1. The zero-order chi connectivity index (χ0) is 6.41. The van der Waals surface area contributed by atoms with Crippen LogP contribution in [0.4, 0.5) is 0 Å². The van der Waals surface area contributed by atoms with Gasteiger partial charge in [-0.1, -0.05) is 0 Å². The molecule has 0 amide bonds. The van der Waals surface area contributed by atoms with Gasteiger partial charge in [-0.05, 0) is 13.3 Å². The van der Waals surface area contributed by atoms with E-state index in [0.717, 1.165) is 0 Å². The highest BCUT2D eigenvalue weighted by molar-refractivity contribution is 5.77. The van der Waals surface area contributed by atoms with Gasteiger partial charge in [-0.15, -0.1) is 0 Å². The van der Waals surface area contributed by atoms with Gasteiger partial charge in [0, 0.05) is 13.2 Å². The first-order chi connectivity index (χ1) is 3.77. The summed E-state index contributed by atoms with van der Waals surface area (Å²) in [6, 6.07) is 0. The fourth-order valence-corrected chi connectivity index (χ4v) is 0.326. The predicted octanol–water partition coefficient (Wildman–Crippen LogP) is -0.254. The Morgan fingerprint density at radius 3 is 2.75 bits per heavy atom. The summed E-state index contributed by atoms with van der Waals surface area (Å²) in [6.07, 6.45) is 0.703. The molecule has 3 N–H and O–H groups in total. The Kier molecular flexibility index (Phi) is 4.26. The lowest BCUT2D eigenvalue weighted by molar-refractivity contribution is 0.291. The molecule has 0 aliphatic heterocycles. The summed E-state index contributed by atoms with van der Waals surface area (Å²) in [5.41, 5.74) is 5.20. The lowest BCUT2D eigenvalue weighted by Gasteiger charge is -1.89. The van der Waals surface area contributed by atoms with E-state index in [0.29, 0.717) is 18.8 Å². The molecule has 0 saturated carbocycles. The maximum Gasteiger partial charge on any atom is 0.0905 e. The number of aliphatic imine (C=N–C) groups is 1. The van der Waals surface area contributed by atoms with E-state index >= 15 is 0 Å². The molecule has 0 aliphatic rings. The number of nitrogens with two attached hydrogens (primary N) is 1. The second-order valence-corrected chi connectivity index (χ2v) is 1.60. The Bertz CT molecular complexity index is 76.5. The van der Waals surface area contributed by atoms with Gasteiger partial charge in [-0.25, -0.2) is 0 Å². The minimum atomic E-state index is 0.191. The van der Waals surface area contributed by atoms with Crippen LogP contribution in [0.15, 0.2) is 4.99 Å². The molecule has 3 heteroatoms. The van der Waals surface area contributed by atoms with Crippen LogP contribution in [-0.4, -0.2) is 24.1 Å². The van der Waals surface area contributed by atoms with Gasteiger partial charge in [0.1, 0.15) is 0 Å². The van der Waals surface area contributed by atoms with E-state index in [4.69, 9.17) is 10.8 Å². The van der Waals surface area contributed by atoms with Crippen molar-refractivity contribution in [1.29, 1.82) is 0 Å². The molecule has 0 spiro atoms. The average molecular weight is 116 g/mol. The lowest BCUT2D eigenvalue weighted by Crippen LogP contribution is -2.06. The van der Waals surface area contributed by atoms with Crippen LogP contribution < -0.4 is 5.73 Å². The van der Waals surface area contributed by atoms with Crippen molar-refractivity contribution >= 4 is 5.84 Å². The van der Waals surface area contributed by atoms with E-state index in [1.54, 1.807) is 6.92 Å². The first-order valence-electron chi connectivity index (χ1n) is 2.64. The molecule has 0 aromatic carbocycles. The molecule has 0 aliphatic carbocycles. The summed E-state index contributed by atoms with van der Waals surface area (Å²) in [7, 11) is 0. The zero-order valence-electron chi connectivity index (χ0n) is 5.09. The molecule has 0 aromatic heterocycles. The van der Waals surface area contributed by atoms with Gasteiger partial charge >= 0.3 is 0 Å². The van der Waals surface area contributed by atoms with Crippen molar-refractivity contribution in [1.82, 2.24) is 0 Å². The normalized spacial score (nSPS) is 12.0. The molecule has 3 nitrogen and oxygen atoms in total. The topological polar surface area (TPSA) is 58.6 Å². The minimum absolute atomic E-state index is 0.191. The highest BCUT2D eigenvalue weighted by Gasteiger charge is 1.79. The number of aliphatic hydroxyl groups excluding tert-OH is 1.